The molecule has 5 nitrogen and oxygen atoms in total. The molecule has 2 unspecified atom stereocenters. The van der Waals surface area contributed by atoms with Crippen molar-refractivity contribution >= 4 is 17.3 Å². The van der Waals surface area contributed by atoms with E-state index in [1.165, 1.54) is 4.90 Å². The van der Waals surface area contributed by atoms with E-state index < -0.39 is 6.10 Å². The minimum atomic E-state index is -1.04. The molecule has 0 spiro atoms. The van der Waals surface area contributed by atoms with Crippen LogP contribution < -0.4 is 9.80 Å². The number of aliphatic hydroxyl groups is 2. The Hall–Kier alpha value is -1.59. The van der Waals surface area contributed by atoms with Crippen molar-refractivity contribution in [2.24, 2.45) is 0 Å². The molecule has 2 atom stereocenters. The number of fused-ring (bicyclic) bond motifs is 1. The third-order valence-electron chi connectivity index (χ3n) is 4.00. The Labute approximate surface area is 112 Å². The first-order valence-electron chi connectivity index (χ1n) is 6.60. The molecule has 2 N–H and O–H groups in total. The molecule has 0 saturated carbocycles. The number of aliphatic hydroxyl groups excluding tert-OH is 2. The van der Waals surface area contributed by atoms with Crippen LogP contribution in [0.3, 0.4) is 0 Å². The fraction of sp³-hybridized carbons (Fsp3) is 0.500. The van der Waals surface area contributed by atoms with Gasteiger partial charge in [0.2, 0.25) is 0 Å². The van der Waals surface area contributed by atoms with Gasteiger partial charge < -0.3 is 20.0 Å². The van der Waals surface area contributed by atoms with Crippen LogP contribution in [0.2, 0.25) is 0 Å². The third kappa shape index (κ3) is 1.99. The lowest BCUT2D eigenvalue weighted by Gasteiger charge is -2.32. The summed E-state index contributed by atoms with van der Waals surface area (Å²) in [6, 6.07) is 5.63. The smallest absolute Gasteiger partial charge is 0.260 e. The van der Waals surface area contributed by atoms with Gasteiger partial charge in [-0.2, -0.15) is 0 Å². The number of nitrogens with zero attached hydrogens (tertiary/aromatic N) is 2. The number of β-amino-alcohol motifs (C(OH)–C–C–N with tert-alkyl or cyclic N) is 1. The van der Waals surface area contributed by atoms with Crippen LogP contribution in [0.25, 0.3) is 0 Å². The molecular formula is C14H18N2O3. The van der Waals surface area contributed by atoms with E-state index in [4.69, 9.17) is 0 Å². The summed E-state index contributed by atoms with van der Waals surface area (Å²) in [5.74, 6) is -0.286. The molecule has 0 bridgehead atoms. The normalized spacial score (nSPS) is 26.8. The second-order valence-electron chi connectivity index (χ2n) is 5.28. The van der Waals surface area contributed by atoms with E-state index in [0.717, 1.165) is 30.8 Å². The quantitative estimate of drug-likeness (QED) is 0.780. The van der Waals surface area contributed by atoms with Gasteiger partial charge in [-0.3, -0.25) is 4.79 Å². The van der Waals surface area contributed by atoms with E-state index in [2.05, 4.69) is 4.90 Å². The van der Waals surface area contributed by atoms with Crippen molar-refractivity contribution in [1.29, 1.82) is 0 Å². The summed E-state index contributed by atoms with van der Waals surface area (Å²) < 4.78 is 0. The lowest BCUT2D eigenvalue weighted by Crippen LogP contribution is -2.38. The topological polar surface area (TPSA) is 64.0 Å². The zero-order valence-electron chi connectivity index (χ0n) is 10.9. The van der Waals surface area contributed by atoms with E-state index in [9.17, 15) is 15.0 Å². The number of carbonyl (C=O) groups is 1. The Morgan fingerprint density at radius 3 is 2.84 bits per heavy atom. The average molecular weight is 262 g/mol. The van der Waals surface area contributed by atoms with Crippen LogP contribution in [0.5, 0.6) is 0 Å². The van der Waals surface area contributed by atoms with Crippen molar-refractivity contribution in [2.75, 3.05) is 29.9 Å². The minimum absolute atomic E-state index is 0.285. The van der Waals surface area contributed by atoms with Gasteiger partial charge in [-0.05, 0) is 25.0 Å². The monoisotopic (exact) mass is 262 g/mol. The Balaban J connectivity index is 1.92. The molecule has 0 radical (unpaired) electrons. The average Bonchev–Trinajstić information content (AvgIpc) is 2.64. The van der Waals surface area contributed by atoms with Crippen LogP contribution in [0, 0.1) is 0 Å². The number of amides is 1. The predicted octanol–water partition coefficient (Wildman–Crippen LogP) is 0.657. The number of piperidine rings is 1. The Morgan fingerprint density at radius 1 is 1.32 bits per heavy atom. The number of anilines is 2. The van der Waals surface area contributed by atoms with E-state index in [1.807, 2.05) is 12.1 Å². The first-order valence-corrected chi connectivity index (χ1v) is 6.60. The highest BCUT2D eigenvalue weighted by Gasteiger charge is 2.34. The zero-order chi connectivity index (χ0) is 13.6. The number of hydrogen-bond acceptors (Lipinski definition) is 4. The van der Waals surface area contributed by atoms with Crippen LogP contribution in [-0.4, -0.2) is 42.4 Å². The second-order valence-corrected chi connectivity index (χ2v) is 5.28. The lowest BCUT2D eigenvalue weighted by molar-refractivity contribution is -0.125. The summed E-state index contributed by atoms with van der Waals surface area (Å²) in [5.41, 5.74) is 2.41. The molecule has 5 heteroatoms. The van der Waals surface area contributed by atoms with E-state index >= 15 is 0 Å². The molecule has 1 saturated heterocycles. The molecule has 2 aliphatic rings. The van der Waals surface area contributed by atoms with Gasteiger partial charge in [-0.25, -0.2) is 0 Å². The molecule has 19 heavy (non-hydrogen) atoms. The van der Waals surface area contributed by atoms with Crippen molar-refractivity contribution in [1.82, 2.24) is 0 Å². The third-order valence-corrected chi connectivity index (χ3v) is 4.00. The van der Waals surface area contributed by atoms with Gasteiger partial charge in [0.15, 0.2) is 6.10 Å². The highest BCUT2D eigenvalue weighted by Crippen LogP contribution is 2.37. The summed E-state index contributed by atoms with van der Waals surface area (Å²) in [7, 11) is 1.67. The molecule has 2 aliphatic heterocycles. The largest absolute Gasteiger partial charge is 0.391 e. The van der Waals surface area contributed by atoms with E-state index in [0.29, 0.717) is 12.1 Å². The number of hydrogen-bond donors (Lipinski definition) is 2. The lowest BCUT2D eigenvalue weighted by atomic mass is 10.1. The fourth-order valence-electron chi connectivity index (χ4n) is 2.87. The maximum absolute atomic E-state index is 11.7. The second kappa shape index (κ2) is 4.51. The minimum Gasteiger partial charge on any atom is -0.391 e. The first kappa shape index (κ1) is 12.4. The molecule has 1 aromatic carbocycles. The SMILES string of the molecule is CN1C(=O)C(O)c2ccc(N3CCCC(O)C3)cc21. The molecule has 1 aromatic rings. The van der Waals surface area contributed by atoms with Crippen molar-refractivity contribution in [3.8, 4) is 0 Å². The highest BCUT2D eigenvalue weighted by molar-refractivity contribution is 6.03. The molecule has 3 rings (SSSR count). The van der Waals surface area contributed by atoms with Crippen molar-refractivity contribution in [3.05, 3.63) is 23.8 Å². The zero-order valence-corrected chi connectivity index (χ0v) is 10.9. The maximum Gasteiger partial charge on any atom is 0.260 e. The van der Waals surface area contributed by atoms with Gasteiger partial charge in [0.25, 0.3) is 5.91 Å². The summed E-state index contributed by atoms with van der Waals surface area (Å²) in [4.78, 5) is 15.3. The molecule has 2 heterocycles. The number of carbonyl (C=O) groups excluding carboxylic acids is 1. The van der Waals surface area contributed by atoms with Gasteiger partial charge in [-0.1, -0.05) is 6.07 Å². The van der Waals surface area contributed by atoms with Crippen LogP contribution in [0.1, 0.15) is 24.5 Å². The van der Waals surface area contributed by atoms with Crippen molar-refractivity contribution < 1.29 is 15.0 Å². The van der Waals surface area contributed by atoms with Gasteiger partial charge in [0.05, 0.1) is 11.8 Å². The molecule has 0 aliphatic carbocycles. The van der Waals surface area contributed by atoms with Gasteiger partial charge in [0.1, 0.15) is 0 Å². The molecular weight excluding hydrogens is 244 g/mol. The molecule has 1 amide bonds. The predicted molar refractivity (Wildman–Crippen MR) is 72.3 cm³/mol. The fourth-order valence-corrected chi connectivity index (χ4v) is 2.87. The molecule has 102 valence electrons. The van der Waals surface area contributed by atoms with Gasteiger partial charge in [0, 0.05) is 31.4 Å². The van der Waals surface area contributed by atoms with Crippen molar-refractivity contribution in [3.63, 3.8) is 0 Å². The van der Waals surface area contributed by atoms with E-state index in [1.54, 1.807) is 13.1 Å². The molecule has 0 aromatic heterocycles. The summed E-state index contributed by atoms with van der Waals surface area (Å²) in [6.45, 7) is 1.54. The van der Waals surface area contributed by atoms with Crippen LogP contribution in [0.15, 0.2) is 18.2 Å². The van der Waals surface area contributed by atoms with E-state index in [-0.39, 0.29) is 12.0 Å². The maximum atomic E-state index is 11.7. The first-order chi connectivity index (χ1) is 9.08. The Morgan fingerprint density at radius 2 is 2.11 bits per heavy atom. The van der Waals surface area contributed by atoms with Crippen LogP contribution >= 0.6 is 0 Å². The van der Waals surface area contributed by atoms with Gasteiger partial charge in [-0.15, -0.1) is 0 Å². The Bertz CT molecular complexity index is 517. The summed E-state index contributed by atoms with van der Waals surface area (Å²) in [6.07, 6.45) is 0.488. The van der Waals surface area contributed by atoms with Crippen LogP contribution in [-0.2, 0) is 4.79 Å². The summed E-state index contributed by atoms with van der Waals surface area (Å²) in [5, 5.41) is 19.5. The summed E-state index contributed by atoms with van der Waals surface area (Å²) >= 11 is 0. The number of likely N-dealkylation sites (N-methyl/N-ethyl adjacent to an activating group) is 1. The van der Waals surface area contributed by atoms with Gasteiger partial charge >= 0.3 is 0 Å². The Kier molecular flexibility index (Phi) is 2.95. The van der Waals surface area contributed by atoms with Crippen LogP contribution in [0.4, 0.5) is 11.4 Å². The highest BCUT2D eigenvalue weighted by atomic mass is 16.3. The van der Waals surface area contributed by atoms with Crippen molar-refractivity contribution in [2.45, 2.75) is 25.0 Å². The standard InChI is InChI=1S/C14H18N2O3/c1-15-12-7-9(16-6-2-3-10(17)8-16)4-5-11(12)13(18)14(15)19/h4-5,7,10,13,17-18H,2-3,6,8H2,1H3. The number of benzene rings is 1. The molecule has 1 fully saturated rings. The number of rotatable bonds is 1.